The summed E-state index contributed by atoms with van der Waals surface area (Å²) in [6.45, 7) is 3.33. The van der Waals surface area contributed by atoms with E-state index in [1.807, 2.05) is 0 Å². The molecule has 1 saturated heterocycles. The normalized spacial score (nSPS) is 16.6. The van der Waals surface area contributed by atoms with Crippen LogP contribution in [0.3, 0.4) is 0 Å². The third kappa shape index (κ3) is 4.49. The van der Waals surface area contributed by atoms with Crippen LogP contribution in [0.4, 0.5) is 11.4 Å². The van der Waals surface area contributed by atoms with E-state index in [2.05, 4.69) is 0 Å². The molecule has 2 aromatic carbocycles. The van der Waals surface area contributed by atoms with Gasteiger partial charge in [0.25, 0.3) is 11.4 Å². The summed E-state index contributed by atoms with van der Waals surface area (Å²) in [6, 6.07) is 6.28. The first kappa shape index (κ1) is 23.3. The standard InChI is InChI=1S/C21H18N2O10/c1-21(2)10-32-20(26)17(21)33-19(25)14-7-5-12(23(29)30)9-16(14)15-8-11(22(27)28)4-6-13(15)18(24)31-3/h4-9,17H,10H2,1-3H3/t17-/m0/s1. The van der Waals surface area contributed by atoms with Gasteiger partial charge in [-0.1, -0.05) is 13.8 Å². The highest BCUT2D eigenvalue weighted by Gasteiger charge is 2.47. The molecule has 3 rings (SSSR count). The van der Waals surface area contributed by atoms with Gasteiger partial charge in [0.2, 0.25) is 6.10 Å². The molecule has 0 aromatic heterocycles. The molecule has 1 fully saturated rings. The minimum atomic E-state index is -1.24. The van der Waals surface area contributed by atoms with Crippen LogP contribution in [0.15, 0.2) is 36.4 Å². The minimum Gasteiger partial charge on any atom is -0.465 e. The van der Waals surface area contributed by atoms with E-state index in [4.69, 9.17) is 14.2 Å². The second-order valence-electron chi connectivity index (χ2n) is 7.85. The average Bonchev–Trinajstić information content (AvgIpc) is 3.04. The summed E-state index contributed by atoms with van der Waals surface area (Å²) in [4.78, 5) is 58.6. The number of benzene rings is 2. The number of nitro benzene ring substituents is 2. The smallest absolute Gasteiger partial charge is 0.348 e. The van der Waals surface area contributed by atoms with E-state index >= 15 is 0 Å². The summed E-state index contributed by atoms with van der Waals surface area (Å²) >= 11 is 0. The van der Waals surface area contributed by atoms with Gasteiger partial charge in [-0.25, -0.2) is 14.4 Å². The van der Waals surface area contributed by atoms with Crippen LogP contribution in [0, 0.1) is 25.6 Å². The van der Waals surface area contributed by atoms with Crippen LogP contribution < -0.4 is 0 Å². The predicted molar refractivity (Wildman–Crippen MR) is 110 cm³/mol. The maximum atomic E-state index is 13.0. The van der Waals surface area contributed by atoms with Crippen molar-refractivity contribution >= 4 is 29.3 Å². The molecular formula is C21H18N2O10. The van der Waals surface area contributed by atoms with Crippen molar-refractivity contribution in [2.45, 2.75) is 20.0 Å². The fourth-order valence-corrected chi connectivity index (χ4v) is 3.31. The lowest BCUT2D eigenvalue weighted by Crippen LogP contribution is -2.35. The molecule has 0 aliphatic carbocycles. The molecule has 1 heterocycles. The number of nitrogens with zero attached hydrogens (tertiary/aromatic N) is 2. The summed E-state index contributed by atoms with van der Waals surface area (Å²) < 4.78 is 15.0. The van der Waals surface area contributed by atoms with E-state index in [9.17, 15) is 34.6 Å². The van der Waals surface area contributed by atoms with Gasteiger partial charge >= 0.3 is 17.9 Å². The molecular weight excluding hydrogens is 440 g/mol. The maximum absolute atomic E-state index is 13.0. The Hall–Kier alpha value is -4.35. The van der Waals surface area contributed by atoms with Crippen molar-refractivity contribution in [2.75, 3.05) is 13.7 Å². The summed E-state index contributed by atoms with van der Waals surface area (Å²) in [5.41, 5.74) is -2.44. The quantitative estimate of drug-likeness (QED) is 0.272. The summed E-state index contributed by atoms with van der Waals surface area (Å²) in [6.07, 6.45) is -1.24. The van der Waals surface area contributed by atoms with E-state index in [0.29, 0.717) is 0 Å². The highest BCUT2D eigenvalue weighted by atomic mass is 16.6. The molecule has 1 aliphatic rings. The predicted octanol–water partition coefficient (Wildman–Crippen LogP) is 3.07. The Kier molecular flexibility index (Phi) is 6.11. The molecule has 0 N–H and O–H groups in total. The van der Waals surface area contributed by atoms with Gasteiger partial charge in [-0.2, -0.15) is 0 Å². The summed E-state index contributed by atoms with van der Waals surface area (Å²) in [7, 11) is 1.09. The topological polar surface area (TPSA) is 165 Å². The molecule has 33 heavy (non-hydrogen) atoms. The number of carbonyl (C=O) groups is 3. The van der Waals surface area contributed by atoms with Gasteiger partial charge in [0.1, 0.15) is 6.61 Å². The zero-order valence-electron chi connectivity index (χ0n) is 17.7. The zero-order chi connectivity index (χ0) is 24.5. The molecule has 0 amide bonds. The van der Waals surface area contributed by atoms with Gasteiger partial charge in [0.05, 0.1) is 28.1 Å². The third-order valence-electron chi connectivity index (χ3n) is 5.08. The molecule has 1 aliphatic heterocycles. The maximum Gasteiger partial charge on any atom is 0.348 e. The van der Waals surface area contributed by atoms with E-state index in [-0.39, 0.29) is 28.9 Å². The number of rotatable bonds is 6. The first-order valence-electron chi connectivity index (χ1n) is 9.49. The number of carbonyl (C=O) groups excluding carboxylic acids is 3. The first-order chi connectivity index (χ1) is 15.5. The van der Waals surface area contributed by atoms with Crippen molar-refractivity contribution in [2.24, 2.45) is 5.41 Å². The fourth-order valence-electron chi connectivity index (χ4n) is 3.31. The number of cyclic esters (lactones) is 1. The molecule has 1 atom stereocenters. The molecule has 0 radical (unpaired) electrons. The Morgan fingerprint density at radius 2 is 1.45 bits per heavy atom. The van der Waals surface area contributed by atoms with Crippen molar-refractivity contribution in [3.63, 3.8) is 0 Å². The van der Waals surface area contributed by atoms with Gasteiger partial charge in [-0.05, 0) is 12.1 Å². The minimum absolute atomic E-state index is 0.0221. The Morgan fingerprint density at radius 1 is 0.970 bits per heavy atom. The number of nitro groups is 2. The number of non-ortho nitro benzene ring substituents is 2. The van der Waals surface area contributed by atoms with Crippen molar-refractivity contribution in [1.29, 1.82) is 0 Å². The molecule has 12 heteroatoms. The average molecular weight is 458 g/mol. The van der Waals surface area contributed by atoms with Gasteiger partial charge in [-0.3, -0.25) is 20.2 Å². The van der Waals surface area contributed by atoms with Crippen molar-refractivity contribution in [1.82, 2.24) is 0 Å². The van der Waals surface area contributed by atoms with Crippen LogP contribution in [0.1, 0.15) is 34.6 Å². The van der Waals surface area contributed by atoms with Crippen LogP contribution in [0.25, 0.3) is 11.1 Å². The Morgan fingerprint density at radius 3 is 1.85 bits per heavy atom. The molecule has 172 valence electrons. The second kappa shape index (κ2) is 8.65. The van der Waals surface area contributed by atoms with Crippen LogP contribution in [0.2, 0.25) is 0 Å². The number of hydrogen-bond donors (Lipinski definition) is 0. The van der Waals surface area contributed by atoms with Gasteiger partial charge in [0, 0.05) is 40.8 Å². The number of ether oxygens (including phenoxy) is 3. The molecule has 0 unspecified atom stereocenters. The van der Waals surface area contributed by atoms with E-state index in [1.54, 1.807) is 13.8 Å². The number of hydrogen-bond acceptors (Lipinski definition) is 10. The number of methoxy groups -OCH3 is 1. The van der Waals surface area contributed by atoms with Crippen LogP contribution in [-0.4, -0.2) is 47.6 Å². The highest BCUT2D eigenvalue weighted by molar-refractivity contribution is 6.04. The van der Waals surface area contributed by atoms with Gasteiger partial charge in [-0.15, -0.1) is 0 Å². The Labute approximate surface area is 186 Å². The SMILES string of the molecule is COC(=O)c1ccc([N+](=O)[O-])cc1-c1cc([N+](=O)[O-])ccc1C(=O)O[C@H]1C(=O)OCC1(C)C. The van der Waals surface area contributed by atoms with Gasteiger partial charge in [0.15, 0.2) is 0 Å². The lowest BCUT2D eigenvalue weighted by atomic mass is 9.89. The highest BCUT2D eigenvalue weighted by Crippen LogP contribution is 2.36. The Balaban J connectivity index is 2.20. The number of esters is 3. The van der Waals surface area contributed by atoms with Crippen molar-refractivity contribution in [3.8, 4) is 11.1 Å². The monoisotopic (exact) mass is 458 g/mol. The van der Waals surface area contributed by atoms with Crippen molar-refractivity contribution in [3.05, 3.63) is 67.8 Å². The summed E-state index contributed by atoms with van der Waals surface area (Å²) in [5.74, 6) is -2.66. The van der Waals surface area contributed by atoms with Gasteiger partial charge < -0.3 is 14.2 Å². The van der Waals surface area contributed by atoms with Crippen LogP contribution >= 0.6 is 0 Å². The van der Waals surface area contributed by atoms with Crippen LogP contribution in [0.5, 0.6) is 0 Å². The van der Waals surface area contributed by atoms with E-state index in [0.717, 1.165) is 43.5 Å². The largest absolute Gasteiger partial charge is 0.465 e. The molecule has 0 bridgehead atoms. The zero-order valence-corrected chi connectivity index (χ0v) is 17.7. The van der Waals surface area contributed by atoms with Crippen molar-refractivity contribution < 1.29 is 38.4 Å². The van der Waals surface area contributed by atoms with E-state index < -0.39 is 50.6 Å². The first-order valence-corrected chi connectivity index (χ1v) is 9.49. The molecule has 12 nitrogen and oxygen atoms in total. The second-order valence-corrected chi connectivity index (χ2v) is 7.85. The van der Waals surface area contributed by atoms with E-state index in [1.165, 1.54) is 0 Å². The molecule has 0 spiro atoms. The fraction of sp³-hybridized carbons (Fsp3) is 0.286. The molecule has 0 saturated carbocycles. The van der Waals surface area contributed by atoms with Crippen LogP contribution in [-0.2, 0) is 19.0 Å². The summed E-state index contributed by atoms with van der Waals surface area (Å²) in [5, 5.41) is 22.7. The molecule has 2 aromatic rings. The lowest BCUT2D eigenvalue weighted by molar-refractivity contribution is -0.385. The third-order valence-corrected chi connectivity index (χ3v) is 5.08. The lowest BCUT2D eigenvalue weighted by Gasteiger charge is -2.22. The Bertz CT molecular complexity index is 1190.